The Balaban J connectivity index is 2.22. The molecule has 1 saturated carbocycles. The van der Waals surface area contributed by atoms with Crippen LogP contribution in [0.25, 0.3) is 0 Å². The van der Waals surface area contributed by atoms with E-state index in [0.717, 1.165) is 5.56 Å². The van der Waals surface area contributed by atoms with Crippen molar-refractivity contribution in [3.63, 3.8) is 0 Å². The molecular weight excluding hydrogens is 180 g/mol. The Kier molecular flexibility index (Phi) is 2.08. The number of carboxylic acids is 1. The highest BCUT2D eigenvalue weighted by Crippen LogP contribution is 2.33. The first-order valence-corrected chi connectivity index (χ1v) is 4.52. The molecule has 0 heterocycles. The standard InChI is InChI=1S/C11H10O3/c12-10-5-9(6-10)7-2-1-3-8(4-7)11(13)14/h1-4,9H,5-6H2,(H,13,14). The van der Waals surface area contributed by atoms with Gasteiger partial charge in [-0.25, -0.2) is 4.79 Å². The number of rotatable bonds is 2. The highest BCUT2D eigenvalue weighted by Gasteiger charge is 2.28. The van der Waals surface area contributed by atoms with Gasteiger partial charge in [0.05, 0.1) is 5.56 Å². The Morgan fingerprint density at radius 3 is 2.64 bits per heavy atom. The van der Waals surface area contributed by atoms with Crippen LogP contribution in [0.5, 0.6) is 0 Å². The molecule has 14 heavy (non-hydrogen) atoms. The minimum Gasteiger partial charge on any atom is -0.478 e. The van der Waals surface area contributed by atoms with Crippen LogP contribution in [0.2, 0.25) is 0 Å². The van der Waals surface area contributed by atoms with Crippen molar-refractivity contribution < 1.29 is 14.7 Å². The van der Waals surface area contributed by atoms with E-state index in [9.17, 15) is 9.59 Å². The number of carboxylic acid groups (broad SMARTS) is 1. The molecule has 1 fully saturated rings. The second-order valence-corrected chi connectivity index (χ2v) is 3.57. The minimum absolute atomic E-state index is 0.238. The number of hydrogen-bond donors (Lipinski definition) is 1. The third-order valence-corrected chi connectivity index (χ3v) is 2.55. The van der Waals surface area contributed by atoms with Crippen molar-refractivity contribution in [2.45, 2.75) is 18.8 Å². The van der Waals surface area contributed by atoms with Crippen molar-refractivity contribution in [3.05, 3.63) is 35.4 Å². The maximum absolute atomic E-state index is 10.8. The largest absolute Gasteiger partial charge is 0.478 e. The van der Waals surface area contributed by atoms with Gasteiger partial charge in [0.15, 0.2) is 0 Å². The molecule has 72 valence electrons. The molecule has 0 atom stereocenters. The van der Waals surface area contributed by atoms with Gasteiger partial charge < -0.3 is 5.11 Å². The molecular formula is C11H10O3. The van der Waals surface area contributed by atoms with Gasteiger partial charge in [-0.15, -0.1) is 0 Å². The number of benzene rings is 1. The van der Waals surface area contributed by atoms with E-state index >= 15 is 0 Å². The molecule has 1 aromatic rings. The van der Waals surface area contributed by atoms with Crippen LogP contribution in [0.15, 0.2) is 24.3 Å². The summed E-state index contributed by atoms with van der Waals surface area (Å²) >= 11 is 0. The maximum atomic E-state index is 10.8. The van der Waals surface area contributed by atoms with Gasteiger partial charge in [0.25, 0.3) is 0 Å². The summed E-state index contributed by atoms with van der Waals surface area (Å²) in [5.74, 6) is -0.421. The lowest BCUT2D eigenvalue weighted by Crippen LogP contribution is -2.21. The van der Waals surface area contributed by atoms with Crippen LogP contribution in [0.1, 0.15) is 34.7 Å². The zero-order chi connectivity index (χ0) is 10.1. The Labute approximate surface area is 81.4 Å². The van der Waals surface area contributed by atoms with Gasteiger partial charge in [-0.1, -0.05) is 12.1 Å². The van der Waals surface area contributed by atoms with Crippen molar-refractivity contribution in [1.82, 2.24) is 0 Å². The normalized spacial score (nSPS) is 16.4. The summed E-state index contributed by atoms with van der Waals surface area (Å²) in [6.45, 7) is 0. The van der Waals surface area contributed by atoms with Gasteiger partial charge in [-0.3, -0.25) is 4.79 Å². The molecule has 3 nitrogen and oxygen atoms in total. The molecule has 1 aliphatic rings. The molecule has 1 N–H and O–H groups in total. The summed E-state index contributed by atoms with van der Waals surface area (Å²) in [6, 6.07) is 6.82. The summed E-state index contributed by atoms with van der Waals surface area (Å²) in [7, 11) is 0. The molecule has 1 aliphatic carbocycles. The van der Waals surface area contributed by atoms with E-state index in [0.29, 0.717) is 18.4 Å². The van der Waals surface area contributed by atoms with Crippen LogP contribution >= 0.6 is 0 Å². The predicted octanol–water partition coefficient (Wildman–Crippen LogP) is 1.83. The van der Waals surface area contributed by atoms with Gasteiger partial charge in [-0.05, 0) is 23.6 Å². The van der Waals surface area contributed by atoms with Crippen molar-refractivity contribution in [2.75, 3.05) is 0 Å². The van der Waals surface area contributed by atoms with Gasteiger partial charge in [0.1, 0.15) is 5.78 Å². The highest BCUT2D eigenvalue weighted by molar-refractivity contribution is 5.89. The van der Waals surface area contributed by atoms with E-state index in [4.69, 9.17) is 5.11 Å². The zero-order valence-electron chi connectivity index (χ0n) is 7.56. The van der Waals surface area contributed by atoms with Crippen molar-refractivity contribution in [3.8, 4) is 0 Å². The Morgan fingerprint density at radius 2 is 2.07 bits per heavy atom. The SMILES string of the molecule is O=C1CC(c2cccc(C(=O)O)c2)C1. The van der Waals surface area contributed by atoms with Crippen molar-refractivity contribution in [2.24, 2.45) is 0 Å². The first-order chi connectivity index (χ1) is 6.66. The molecule has 3 heteroatoms. The fraction of sp³-hybridized carbons (Fsp3) is 0.273. The van der Waals surface area contributed by atoms with E-state index in [-0.39, 0.29) is 11.7 Å². The van der Waals surface area contributed by atoms with E-state index in [1.807, 2.05) is 6.07 Å². The lowest BCUT2D eigenvalue weighted by atomic mass is 9.78. The highest BCUT2D eigenvalue weighted by atomic mass is 16.4. The number of hydrogen-bond acceptors (Lipinski definition) is 2. The number of Topliss-reactive ketones (excluding diaryl/α,β-unsaturated/α-hetero) is 1. The molecule has 0 spiro atoms. The molecule has 2 rings (SSSR count). The maximum Gasteiger partial charge on any atom is 0.335 e. The van der Waals surface area contributed by atoms with Crippen molar-refractivity contribution in [1.29, 1.82) is 0 Å². The number of carbonyl (C=O) groups excluding carboxylic acids is 1. The van der Waals surface area contributed by atoms with E-state index in [1.54, 1.807) is 18.2 Å². The van der Waals surface area contributed by atoms with Crippen LogP contribution in [0.3, 0.4) is 0 Å². The van der Waals surface area contributed by atoms with E-state index < -0.39 is 5.97 Å². The van der Waals surface area contributed by atoms with Gasteiger partial charge in [-0.2, -0.15) is 0 Å². The topological polar surface area (TPSA) is 54.4 Å². The molecule has 0 amide bonds. The summed E-state index contributed by atoms with van der Waals surface area (Å²) in [5, 5.41) is 8.77. The Morgan fingerprint density at radius 1 is 1.36 bits per heavy atom. The molecule has 0 aliphatic heterocycles. The van der Waals surface area contributed by atoms with Gasteiger partial charge >= 0.3 is 5.97 Å². The van der Waals surface area contributed by atoms with Crippen LogP contribution in [-0.2, 0) is 4.79 Å². The average Bonchev–Trinajstić information content (AvgIpc) is 2.13. The first kappa shape index (κ1) is 8.94. The zero-order valence-corrected chi connectivity index (χ0v) is 7.56. The Bertz CT molecular complexity index is 387. The van der Waals surface area contributed by atoms with Crippen LogP contribution < -0.4 is 0 Å². The van der Waals surface area contributed by atoms with E-state index in [1.165, 1.54) is 0 Å². The smallest absolute Gasteiger partial charge is 0.335 e. The van der Waals surface area contributed by atoms with Gasteiger partial charge in [0, 0.05) is 12.8 Å². The summed E-state index contributed by atoms with van der Waals surface area (Å²) in [5.41, 5.74) is 1.26. The molecule has 0 unspecified atom stereocenters. The number of ketones is 1. The summed E-state index contributed by atoms with van der Waals surface area (Å²) in [6.07, 6.45) is 1.12. The molecule has 0 saturated heterocycles. The van der Waals surface area contributed by atoms with Crippen LogP contribution in [-0.4, -0.2) is 16.9 Å². The molecule has 0 aromatic heterocycles. The number of aromatic carboxylic acids is 1. The number of carbonyl (C=O) groups is 2. The summed E-state index contributed by atoms with van der Waals surface area (Å²) < 4.78 is 0. The Hall–Kier alpha value is -1.64. The second-order valence-electron chi connectivity index (χ2n) is 3.57. The predicted molar refractivity (Wildman–Crippen MR) is 50.4 cm³/mol. The lowest BCUT2D eigenvalue weighted by Gasteiger charge is -2.24. The van der Waals surface area contributed by atoms with Crippen molar-refractivity contribution >= 4 is 11.8 Å². The fourth-order valence-electron chi connectivity index (χ4n) is 1.65. The third kappa shape index (κ3) is 1.53. The summed E-state index contributed by atoms with van der Waals surface area (Å²) in [4.78, 5) is 21.5. The van der Waals surface area contributed by atoms with Crippen LogP contribution in [0, 0.1) is 0 Å². The first-order valence-electron chi connectivity index (χ1n) is 4.52. The molecule has 0 bridgehead atoms. The third-order valence-electron chi connectivity index (χ3n) is 2.55. The lowest BCUT2D eigenvalue weighted by molar-refractivity contribution is -0.124. The average molecular weight is 190 g/mol. The molecule has 0 radical (unpaired) electrons. The second kappa shape index (κ2) is 3.25. The van der Waals surface area contributed by atoms with Gasteiger partial charge in [0.2, 0.25) is 0 Å². The minimum atomic E-state index is -0.919. The fourth-order valence-corrected chi connectivity index (χ4v) is 1.65. The molecule has 1 aromatic carbocycles. The van der Waals surface area contributed by atoms with E-state index in [2.05, 4.69) is 0 Å². The quantitative estimate of drug-likeness (QED) is 0.774. The monoisotopic (exact) mass is 190 g/mol. The van der Waals surface area contributed by atoms with Crippen LogP contribution in [0.4, 0.5) is 0 Å².